The lowest BCUT2D eigenvalue weighted by atomic mass is 9.76. The molecule has 0 spiro atoms. The van der Waals surface area contributed by atoms with Gasteiger partial charge in [-0.2, -0.15) is 0 Å². The minimum atomic E-state index is -2.24. The summed E-state index contributed by atoms with van der Waals surface area (Å²) < 4.78 is 65.6. The van der Waals surface area contributed by atoms with Crippen molar-refractivity contribution >= 4 is 5.97 Å². The van der Waals surface area contributed by atoms with E-state index in [1.165, 1.54) is 0 Å². The Hall–Kier alpha value is -1.70. The molecule has 0 amide bonds. The van der Waals surface area contributed by atoms with Crippen molar-refractivity contribution in [2.24, 2.45) is 0 Å². The molecule has 20 heavy (non-hydrogen) atoms. The fraction of sp³-hybridized carbons (Fsp3) is 0.417. The summed E-state index contributed by atoms with van der Waals surface area (Å²) >= 11 is 0. The molecule has 1 aromatic carbocycles. The van der Waals surface area contributed by atoms with Crippen molar-refractivity contribution in [1.82, 2.24) is 5.32 Å². The van der Waals surface area contributed by atoms with E-state index in [-0.39, 0.29) is 12.8 Å². The lowest BCUT2D eigenvalue weighted by Crippen LogP contribution is -2.56. The Labute approximate surface area is 110 Å². The van der Waals surface area contributed by atoms with Crippen LogP contribution in [-0.4, -0.2) is 16.6 Å². The van der Waals surface area contributed by atoms with Crippen molar-refractivity contribution in [3.63, 3.8) is 0 Å². The van der Waals surface area contributed by atoms with Crippen LogP contribution >= 0.6 is 0 Å². The Morgan fingerprint density at radius 2 is 1.45 bits per heavy atom. The maximum Gasteiger partial charge on any atom is 0.323 e. The molecule has 0 saturated heterocycles. The average molecular weight is 295 g/mol. The van der Waals surface area contributed by atoms with E-state index < -0.39 is 52.7 Å². The van der Waals surface area contributed by atoms with Gasteiger partial charge in [0.05, 0.1) is 0 Å². The molecule has 2 N–H and O–H groups in total. The zero-order valence-corrected chi connectivity index (χ0v) is 10.1. The first-order chi connectivity index (χ1) is 9.30. The highest BCUT2D eigenvalue weighted by molar-refractivity contribution is 5.79. The number of carboxylic acid groups (broad SMARTS) is 1. The molecular formula is C12H10F5NO2. The summed E-state index contributed by atoms with van der Waals surface area (Å²) in [5.74, 6) is -11.4. The van der Waals surface area contributed by atoms with E-state index >= 15 is 0 Å². The highest BCUT2D eigenvalue weighted by Gasteiger charge is 2.44. The number of carboxylic acids is 1. The quantitative estimate of drug-likeness (QED) is 0.510. The van der Waals surface area contributed by atoms with Crippen molar-refractivity contribution < 1.29 is 31.9 Å². The van der Waals surface area contributed by atoms with Crippen molar-refractivity contribution in [2.75, 3.05) is 0 Å². The lowest BCUT2D eigenvalue weighted by Gasteiger charge is -2.38. The smallest absolute Gasteiger partial charge is 0.323 e. The first-order valence-corrected chi connectivity index (χ1v) is 5.79. The summed E-state index contributed by atoms with van der Waals surface area (Å²) in [6.07, 6.45) is 1.08. The van der Waals surface area contributed by atoms with Crippen LogP contribution in [0.3, 0.4) is 0 Å². The maximum atomic E-state index is 13.4. The van der Waals surface area contributed by atoms with Gasteiger partial charge in [0, 0.05) is 12.1 Å². The molecule has 1 aliphatic carbocycles. The molecule has 110 valence electrons. The lowest BCUT2D eigenvalue weighted by molar-refractivity contribution is -0.148. The van der Waals surface area contributed by atoms with Gasteiger partial charge in [0.2, 0.25) is 5.82 Å². The van der Waals surface area contributed by atoms with E-state index in [0.717, 1.165) is 0 Å². The Balaban J connectivity index is 2.29. The normalized spacial score (nSPS) is 16.9. The van der Waals surface area contributed by atoms with E-state index in [0.29, 0.717) is 6.42 Å². The van der Waals surface area contributed by atoms with Gasteiger partial charge in [-0.15, -0.1) is 0 Å². The molecule has 0 aliphatic heterocycles. The number of nitrogens with one attached hydrogen (secondary N) is 1. The van der Waals surface area contributed by atoms with Crippen molar-refractivity contribution in [3.8, 4) is 0 Å². The van der Waals surface area contributed by atoms with Gasteiger partial charge < -0.3 is 5.11 Å². The summed E-state index contributed by atoms with van der Waals surface area (Å²) in [7, 11) is 0. The summed E-state index contributed by atoms with van der Waals surface area (Å²) in [6, 6.07) is 0. The van der Waals surface area contributed by atoms with Gasteiger partial charge in [-0.1, -0.05) is 0 Å². The molecule has 0 aromatic heterocycles. The highest BCUT2D eigenvalue weighted by atomic mass is 19.2. The van der Waals surface area contributed by atoms with Crippen LogP contribution in [0.5, 0.6) is 0 Å². The molecule has 3 nitrogen and oxygen atoms in total. The van der Waals surface area contributed by atoms with E-state index in [2.05, 4.69) is 5.32 Å². The van der Waals surface area contributed by atoms with Crippen LogP contribution in [0, 0.1) is 29.1 Å². The van der Waals surface area contributed by atoms with E-state index in [4.69, 9.17) is 5.11 Å². The van der Waals surface area contributed by atoms with Gasteiger partial charge >= 0.3 is 5.97 Å². The molecule has 1 fully saturated rings. The summed E-state index contributed by atoms with van der Waals surface area (Å²) in [4.78, 5) is 11.0. The van der Waals surface area contributed by atoms with Gasteiger partial charge in [-0.3, -0.25) is 10.1 Å². The van der Waals surface area contributed by atoms with Crippen molar-refractivity contribution in [1.29, 1.82) is 0 Å². The van der Waals surface area contributed by atoms with Crippen LogP contribution < -0.4 is 5.32 Å². The molecule has 0 heterocycles. The van der Waals surface area contributed by atoms with Crippen LogP contribution in [-0.2, 0) is 11.3 Å². The second kappa shape index (κ2) is 5.01. The second-order valence-corrected chi connectivity index (χ2v) is 4.64. The van der Waals surface area contributed by atoms with Crippen LogP contribution in [0.15, 0.2) is 0 Å². The summed E-state index contributed by atoms with van der Waals surface area (Å²) in [6.45, 7) is -0.752. The zero-order chi connectivity index (χ0) is 15.1. The third-order valence-corrected chi connectivity index (χ3v) is 3.52. The van der Waals surface area contributed by atoms with Crippen LogP contribution in [0.25, 0.3) is 0 Å². The monoisotopic (exact) mass is 295 g/mol. The highest BCUT2D eigenvalue weighted by Crippen LogP contribution is 2.33. The first kappa shape index (κ1) is 14.7. The minimum absolute atomic E-state index is 0.234. The third kappa shape index (κ3) is 2.13. The molecular weight excluding hydrogens is 285 g/mol. The number of benzene rings is 1. The third-order valence-electron chi connectivity index (χ3n) is 3.52. The number of carbonyl (C=O) groups is 1. The molecule has 8 heteroatoms. The fourth-order valence-corrected chi connectivity index (χ4v) is 2.06. The predicted octanol–water partition coefficient (Wildman–Crippen LogP) is 2.48. The first-order valence-electron chi connectivity index (χ1n) is 5.79. The molecule has 1 aromatic rings. The van der Waals surface area contributed by atoms with E-state index in [1.807, 2.05) is 0 Å². The van der Waals surface area contributed by atoms with Crippen molar-refractivity contribution in [2.45, 2.75) is 31.3 Å². The molecule has 0 atom stereocenters. The van der Waals surface area contributed by atoms with Crippen molar-refractivity contribution in [3.05, 3.63) is 34.6 Å². The molecule has 0 radical (unpaired) electrons. The largest absolute Gasteiger partial charge is 0.480 e. The number of hydrogen-bond acceptors (Lipinski definition) is 2. The van der Waals surface area contributed by atoms with Gasteiger partial charge in [-0.05, 0) is 19.3 Å². The Bertz CT molecular complexity index is 542. The predicted molar refractivity (Wildman–Crippen MR) is 57.3 cm³/mol. The SMILES string of the molecule is O=C(O)C1(NCc2c(F)c(F)c(F)c(F)c2F)CCC1. The topological polar surface area (TPSA) is 49.3 Å². The number of halogens is 5. The molecule has 0 unspecified atom stereocenters. The Kier molecular flexibility index (Phi) is 3.68. The molecule has 0 bridgehead atoms. The van der Waals surface area contributed by atoms with Crippen LogP contribution in [0.2, 0.25) is 0 Å². The van der Waals surface area contributed by atoms with Gasteiger partial charge in [0.25, 0.3) is 0 Å². The fourth-order valence-electron chi connectivity index (χ4n) is 2.06. The number of aliphatic carboxylic acids is 1. The molecule has 1 saturated carbocycles. The van der Waals surface area contributed by atoms with Gasteiger partial charge in [-0.25, -0.2) is 22.0 Å². The maximum absolute atomic E-state index is 13.4. The summed E-state index contributed by atoms with van der Waals surface area (Å²) in [5, 5.41) is 11.4. The Morgan fingerprint density at radius 3 is 1.80 bits per heavy atom. The average Bonchev–Trinajstić information content (AvgIpc) is 2.36. The summed E-state index contributed by atoms with van der Waals surface area (Å²) in [5.41, 5.74) is -2.42. The standard InChI is InChI=1S/C12H10F5NO2/c13-6-5(7(14)9(16)10(17)8(6)15)4-18-12(11(19)20)2-1-3-12/h18H,1-4H2,(H,19,20). The number of rotatable bonds is 4. The zero-order valence-electron chi connectivity index (χ0n) is 10.1. The second-order valence-electron chi connectivity index (χ2n) is 4.64. The Morgan fingerprint density at radius 1 is 1.00 bits per heavy atom. The number of hydrogen-bond donors (Lipinski definition) is 2. The van der Waals surface area contributed by atoms with Crippen LogP contribution in [0.4, 0.5) is 22.0 Å². The van der Waals surface area contributed by atoms with E-state index in [1.54, 1.807) is 0 Å². The molecule has 2 rings (SSSR count). The van der Waals surface area contributed by atoms with E-state index in [9.17, 15) is 26.7 Å². The van der Waals surface area contributed by atoms with Crippen LogP contribution in [0.1, 0.15) is 24.8 Å². The van der Waals surface area contributed by atoms with Gasteiger partial charge in [0.1, 0.15) is 5.54 Å². The van der Waals surface area contributed by atoms with Gasteiger partial charge in [0.15, 0.2) is 23.3 Å². The minimum Gasteiger partial charge on any atom is -0.480 e. The molecule has 1 aliphatic rings.